The molecule has 33 heavy (non-hydrogen) atoms. The first-order valence-corrected chi connectivity index (χ1v) is 11.0. The molecule has 160 valence electrons. The van der Waals surface area contributed by atoms with Crippen LogP contribution in [-0.4, -0.2) is 15.0 Å². The van der Waals surface area contributed by atoms with E-state index in [0.29, 0.717) is 5.82 Å². The molecule has 5 rings (SSSR count). The Morgan fingerprint density at radius 1 is 0.545 bits per heavy atom. The second-order valence-corrected chi connectivity index (χ2v) is 8.28. The molecule has 4 nitrogen and oxygen atoms in total. The quantitative estimate of drug-likeness (QED) is 0.330. The Kier molecular flexibility index (Phi) is 5.49. The molecule has 0 spiro atoms. The summed E-state index contributed by atoms with van der Waals surface area (Å²) in [7, 11) is 2.02. The number of hydrogen-bond donors (Lipinski definition) is 0. The summed E-state index contributed by atoms with van der Waals surface area (Å²) in [6, 6.07) is 31.2. The standard InChI is InChI=1S/C29H25N4/c1-20-7-11-23(12-8-20)27-31-28(24-13-9-21(2)10-14-24)33(3)29(32-27)25-17-15-22(16-18-25)26-6-4-5-19-30-26/h4-19H,1-3H3/q+1. The maximum Gasteiger partial charge on any atom is 0.308 e. The van der Waals surface area contributed by atoms with Crippen LogP contribution in [0, 0.1) is 13.8 Å². The van der Waals surface area contributed by atoms with E-state index < -0.39 is 0 Å². The Morgan fingerprint density at radius 3 is 1.55 bits per heavy atom. The van der Waals surface area contributed by atoms with E-state index in [9.17, 15) is 0 Å². The summed E-state index contributed by atoms with van der Waals surface area (Å²) in [5, 5.41) is 0. The average molecular weight is 430 g/mol. The van der Waals surface area contributed by atoms with Crippen molar-refractivity contribution in [3.63, 3.8) is 0 Å². The van der Waals surface area contributed by atoms with Gasteiger partial charge in [0.05, 0.1) is 29.4 Å². The third kappa shape index (κ3) is 4.28. The molecule has 0 N–H and O–H groups in total. The molecule has 0 aliphatic heterocycles. The molecule has 0 fully saturated rings. The topological polar surface area (TPSA) is 42.5 Å². The molecule has 0 aliphatic rings. The van der Waals surface area contributed by atoms with E-state index in [2.05, 4.69) is 96.2 Å². The predicted octanol–water partition coefficient (Wildman–Crippen LogP) is 5.98. The minimum Gasteiger partial charge on any atom is -0.256 e. The first-order chi connectivity index (χ1) is 16.1. The molecular formula is C29H25N4+. The Morgan fingerprint density at radius 2 is 1.03 bits per heavy atom. The highest BCUT2D eigenvalue weighted by Crippen LogP contribution is 2.25. The molecule has 0 saturated carbocycles. The lowest BCUT2D eigenvalue weighted by Gasteiger charge is -2.08. The lowest BCUT2D eigenvalue weighted by atomic mass is 10.1. The second kappa shape index (κ2) is 8.75. The number of aryl methyl sites for hydroxylation is 2. The molecule has 3 aromatic carbocycles. The zero-order valence-electron chi connectivity index (χ0n) is 19.0. The largest absolute Gasteiger partial charge is 0.308 e. The van der Waals surface area contributed by atoms with Gasteiger partial charge in [-0.3, -0.25) is 4.98 Å². The maximum absolute atomic E-state index is 4.98. The minimum atomic E-state index is 0.715. The van der Waals surface area contributed by atoms with Crippen LogP contribution in [0.15, 0.2) is 97.2 Å². The fourth-order valence-corrected chi connectivity index (χ4v) is 3.85. The smallest absolute Gasteiger partial charge is 0.256 e. The third-order valence-corrected chi connectivity index (χ3v) is 5.78. The fourth-order valence-electron chi connectivity index (χ4n) is 3.85. The summed E-state index contributed by atoms with van der Waals surface area (Å²) in [4.78, 5) is 14.4. The van der Waals surface area contributed by atoms with E-state index in [1.807, 2.05) is 31.4 Å². The van der Waals surface area contributed by atoms with E-state index in [1.54, 1.807) is 0 Å². The molecule has 2 aromatic heterocycles. The Balaban J connectivity index is 1.65. The molecular weight excluding hydrogens is 404 g/mol. The number of aromatic nitrogens is 4. The fraction of sp³-hybridized carbons (Fsp3) is 0.103. The van der Waals surface area contributed by atoms with E-state index in [1.165, 1.54) is 11.1 Å². The van der Waals surface area contributed by atoms with Crippen molar-refractivity contribution in [2.45, 2.75) is 13.8 Å². The van der Waals surface area contributed by atoms with Gasteiger partial charge in [0.25, 0.3) is 11.6 Å². The van der Waals surface area contributed by atoms with Gasteiger partial charge in [0, 0.05) is 11.8 Å². The van der Waals surface area contributed by atoms with E-state index in [-0.39, 0.29) is 0 Å². The number of nitrogens with zero attached hydrogens (tertiary/aromatic N) is 4. The third-order valence-electron chi connectivity index (χ3n) is 5.78. The summed E-state index contributed by atoms with van der Waals surface area (Å²) >= 11 is 0. The van der Waals surface area contributed by atoms with Gasteiger partial charge in [0.15, 0.2) is 0 Å². The van der Waals surface area contributed by atoms with Crippen LogP contribution in [0.25, 0.3) is 45.4 Å². The number of pyridine rings is 1. The van der Waals surface area contributed by atoms with Gasteiger partial charge in [-0.15, -0.1) is 0 Å². The van der Waals surface area contributed by atoms with Crippen LogP contribution in [0.1, 0.15) is 11.1 Å². The van der Waals surface area contributed by atoms with Crippen molar-refractivity contribution in [1.29, 1.82) is 0 Å². The molecule has 0 saturated heterocycles. The number of benzene rings is 3. The predicted molar refractivity (Wildman–Crippen MR) is 132 cm³/mol. The Bertz CT molecular complexity index is 1390. The molecule has 0 unspecified atom stereocenters. The summed E-state index contributed by atoms with van der Waals surface area (Å²) in [5.74, 6) is 2.46. The van der Waals surface area contributed by atoms with Crippen LogP contribution >= 0.6 is 0 Å². The summed E-state index contributed by atoms with van der Waals surface area (Å²) in [5.41, 5.74) is 7.56. The van der Waals surface area contributed by atoms with Gasteiger partial charge in [-0.25, -0.2) is 4.57 Å². The van der Waals surface area contributed by atoms with Crippen molar-refractivity contribution < 1.29 is 4.57 Å². The zero-order valence-corrected chi connectivity index (χ0v) is 19.0. The molecule has 0 radical (unpaired) electrons. The van der Waals surface area contributed by atoms with Crippen LogP contribution < -0.4 is 4.57 Å². The second-order valence-electron chi connectivity index (χ2n) is 8.28. The summed E-state index contributed by atoms with van der Waals surface area (Å²) in [6.45, 7) is 4.18. The van der Waals surface area contributed by atoms with E-state index >= 15 is 0 Å². The number of rotatable bonds is 4. The van der Waals surface area contributed by atoms with E-state index in [4.69, 9.17) is 9.97 Å². The van der Waals surface area contributed by atoms with Crippen molar-refractivity contribution in [3.05, 3.63) is 108 Å². The van der Waals surface area contributed by atoms with Gasteiger partial charge >= 0.3 is 5.82 Å². The lowest BCUT2D eigenvalue weighted by Crippen LogP contribution is -2.36. The minimum absolute atomic E-state index is 0.715. The van der Waals surface area contributed by atoms with Crippen molar-refractivity contribution in [2.75, 3.05) is 0 Å². The Labute approximate surface area is 194 Å². The van der Waals surface area contributed by atoms with Crippen LogP contribution in [0.2, 0.25) is 0 Å². The van der Waals surface area contributed by atoms with Crippen LogP contribution in [0.4, 0.5) is 0 Å². The van der Waals surface area contributed by atoms with Crippen LogP contribution in [-0.2, 0) is 7.05 Å². The normalized spacial score (nSPS) is 10.9. The molecule has 0 amide bonds. The van der Waals surface area contributed by atoms with Crippen molar-refractivity contribution in [2.24, 2.45) is 7.05 Å². The molecule has 0 bridgehead atoms. The highest BCUT2D eigenvalue weighted by atomic mass is 15.1. The molecule has 5 aromatic rings. The van der Waals surface area contributed by atoms with Crippen molar-refractivity contribution in [1.82, 2.24) is 15.0 Å². The molecule has 4 heteroatoms. The maximum atomic E-state index is 4.98. The SMILES string of the molecule is Cc1ccc(-c2nc(-c3ccc(C)cc3)[n+](C)c(-c3ccc(-c4ccccn4)cc3)n2)cc1. The highest BCUT2D eigenvalue weighted by molar-refractivity contribution is 5.67. The van der Waals surface area contributed by atoms with Crippen molar-refractivity contribution >= 4 is 0 Å². The first-order valence-electron chi connectivity index (χ1n) is 11.0. The van der Waals surface area contributed by atoms with Crippen LogP contribution in [0.5, 0.6) is 0 Å². The van der Waals surface area contributed by atoms with E-state index in [0.717, 1.165) is 39.6 Å². The summed E-state index contributed by atoms with van der Waals surface area (Å²) in [6.07, 6.45) is 1.81. The lowest BCUT2D eigenvalue weighted by molar-refractivity contribution is -0.654. The first kappa shape index (κ1) is 20.7. The van der Waals surface area contributed by atoms with Gasteiger partial charge in [0.2, 0.25) is 0 Å². The van der Waals surface area contributed by atoms with Gasteiger partial charge in [0.1, 0.15) is 0 Å². The van der Waals surface area contributed by atoms with Gasteiger partial charge < -0.3 is 0 Å². The monoisotopic (exact) mass is 429 g/mol. The molecule has 2 heterocycles. The zero-order chi connectivity index (χ0) is 22.8. The van der Waals surface area contributed by atoms with Gasteiger partial charge in [-0.05, 0) is 62.4 Å². The van der Waals surface area contributed by atoms with Crippen LogP contribution in [0.3, 0.4) is 0 Å². The molecule has 0 aliphatic carbocycles. The molecule has 0 atom stereocenters. The Hall–Kier alpha value is -4.18. The summed E-state index contributed by atoms with van der Waals surface area (Å²) < 4.78 is 2.07. The van der Waals surface area contributed by atoms with Crippen molar-refractivity contribution in [3.8, 4) is 45.4 Å². The highest BCUT2D eigenvalue weighted by Gasteiger charge is 2.23. The average Bonchev–Trinajstić information content (AvgIpc) is 2.86. The van der Waals surface area contributed by atoms with Gasteiger partial charge in [-0.2, -0.15) is 0 Å². The number of hydrogen-bond acceptors (Lipinski definition) is 3. The van der Waals surface area contributed by atoms with Gasteiger partial charge in [-0.1, -0.05) is 63.6 Å².